The van der Waals surface area contributed by atoms with Crippen LogP contribution in [0.5, 0.6) is 0 Å². The number of rotatable bonds is 0. The number of allylic oxidation sites excluding steroid dienone is 2. The molecule has 3 rings (SSSR count). The fraction of sp³-hybridized carbons (Fsp3) is 0.444. The van der Waals surface area contributed by atoms with Crippen molar-refractivity contribution in [3.8, 4) is 11.8 Å². The monoisotopic (exact) mass is 268 g/mol. The van der Waals surface area contributed by atoms with Crippen LogP contribution in [0, 0.1) is 18.8 Å². The van der Waals surface area contributed by atoms with Crippen molar-refractivity contribution in [3.05, 3.63) is 47.0 Å². The molecule has 1 heterocycles. The maximum atomic E-state index is 5.73. The van der Waals surface area contributed by atoms with E-state index in [-0.39, 0.29) is 5.79 Å². The van der Waals surface area contributed by atoms with E-state index >= 15 is 0 Å². The van der Waals surface area contributed by atoms with Gasteiger partial charge in [0.1, 0.15) is 0 Å². The highest BCUT2D eigenvalue weighted by Gasteiger charge is 2.38. The van der Waals surface area contributed by atoms with Crippen LogP contribution >= 0.6 is 0 Å². The molecular formula is C18H20O2. The van der Waals surface area contributed by atoms with Crippen LogP contribution in [0.3, 0.4) is 0 Å². The van der Waals surface area contributed by atoms with Crippen LogP contribution in [0.1, 0.15) is 36.8 Å². The van der Waals surface area contributed by atoms with Gasteiger partial charge in [-0.2, -0.15) is 0 Å². The van der Waals surface area contributed by atoms with Gasteiger partial charge in [0.15, 0.2) is 5.79 Å². The zero-order chi connectivity index (χ0) is 13.8. The maximum Gasteiger partial charge on any atom is 0.169 e. The molecule has 0 amide bonds. The molecule has 2 nitrogen and oxygen atoms in total. The highest BCUT2D eigenvalue weighted by molar-refractivity contribution is 5.39. The third-order valence-electron chi connectivity index (χ3n) is 4.01. The van der Waals surface area contributed by atoms with E-state index in [1.807, 2.05) is 0 Å². The van der Waals surface area contributed by atoms with Gasteiger partial charge >= 0.3 is 0 Å². The molecule has 0 radical (unpaired) electrons. The molecule has 1 aromatic rings. The normalized spacial score (nSPS) is 20.6. The molecule has 1 saturated carbocycles. The molecule has 0 bridgehead atoms. The first kappa shape index (κ1) is 13.4. The summed E-state index contributed by atoms with van der Waals surface area (Å²) >= 11 is 0. The highest BCUT2D eigenvalue weighted by atomic mass is 16.7. The Morgan fingerprint density at radius 3 is 2.35 bits per heavy atom. The van der Waals surface area contributed by atoms with Crippen molar-refractivity contribution in [2.75, 3.05) is 13.2 Å². The van der Waals surface area contributed by atoms with Crippen molar-refractivity contribution >= 4 is 0 Å². The van der Waals surface area contributed by atoms with Crippen LogP contribution in [-0.2, 0) is 9.47 Å². The molecule has 1 aromatic carbocycles. The summed E-state index contributed by atoms with van der Waals surface area (Å²) in [7, 11) is 0. The third-order valence-corrected chi connectivity index (χ3v) is 4.01. The molecule has 20 heavy (non-hydrogen) atoms. The van der Waals surface area contributed by atoms with E-state index < -0.39 is 0 Å². The predicted octanol–water partition coefficient (Wildman–Crippen LogP) is 3.59. The van der Waals surface area contributed by atoms with Gasteiger partial charge in [0.25, 0.3) is 0 Å². The van der Waals surface area contributed by atoms with E-state index in [9.17, 15) is 0 Å². The average molecular weight is 268 g/mol. The molecule has 0 N–H and O–H groups in total. The highest BCUT2D eigenvalue weighted by Crippen LogP contribution is 2.37. The molecular weight excluding hydrogens is 248 g/mol. The molecule has 0 atom stereocenters. The predicted molar refractivity (Wildman–Crippen MR) is 79.2 cm³/mol. The summed E-state index contributed by atoms with van der Waals surface area (Å²) in [5.74, 6) is 6.09. The Kier molecular flexibility index (Phi) is 3.91. The lowest BCUT2D eigenvalue weighted by atomic mass is 9.89. The Morgan fingerprint density at radius 2 is 1.70 bits per heavy atom. The van der Waals surface area contributed by atoms with Gasteiger partial charge in [-0.1, -0.05) is 35.1 Å². The van der Waals surface area contributed by atoms with E-state index in [2.05, 4.69) is 49.1 Å². The summed E-state index contributed by atoms with van der Waals surface area (Å²) in [6, 6.07) is 8.32. The Balaban J connectivity index is 1.59. The quantitative estimate of drug-likeness (QED) is 0.669. The minimum absolute atomic E-state index is 0.276. The van der Waals surface area contributed by atoms with Gasteiger partial charge < -0.3 is 9.47 Å². The second-order valence-electron chi connectivity index (χ2n) is 5.55. The van der Waals surface area contributed by atoms with Crippen molar-refractivity contribution in [1.29, 1.82) is 0 Å². The Labute approximate surface area is 120 Å². The van der Waals surface area contributed by atoms with Crippen LogP contribution in [0.4, 0.5) is 0 Å². The van der Waals surface area contributed by atoms with Crippen molar-refractivity contribution in [3.63, 3.8) is 0 Å². The summed E-state index contributed by atoms with van der Waals surface area (Å²) in [6.45, 7) is 3.57. The van der Waals surface area contributed by atoms with Gasteiger partial charge in [-0.05, 0) is 38.0 Å². The number of hydrogen-bond acceptors (Lipinski definition) is 2. The first-order valence-corrected chi connectivity index (χ1v) is 7.30. The Morgan fingerprint density at radius 1 is 1.05 bits per heavy atom. The van der Waals surface area contributed by atoms with E-state index in [0.717, 1.165) is 44.5 Å². The van der Waals surface area contributed by atoms with Crippen LogP contribution in [0.2, 0.25) is 0 Å². The van der Waals surface area contributed by atoms with Gasteiger partial charge in [0, 0.05) is 18.4 Å². The minimum Gasteiger partial charge on any atom is -0.348 e. The summed E-state index contributed by atoms with van der Waals surface area (Å²) < 4.78 is 11.5. The van der Waals surface area contributed by atoms with Crippen LogP contribution < -0.4 is 0 Å². The Hall–Kier alpha value is -1.56. The smallest absolute Gasteiger partial charge is 0.169 e. The van der Waals surface area contributed by atoms with E-state index in [1.54, 1.807) is 0 Å². The number of hydrogen-bond donors (Lipinski definition) is 0. The summed E-state index contributed by atoms with van der Waals surface area (Å²) in [5, 5.41) is 0. The van der Waals surface area contributed by atoms with Crippen LogP contribution in [0.15, 0.2) is 35.9 Å². The number of benzene rings is 1. The zero-order valence-electron chi connectivity index (χ0n) is 11.9. The lowest BCUT2D eigenvalue weighted by molar-refractivity contribution is -0.171. The van der Waals surface area contributed by atoms with Crippen molar-refractivity contribution < 1.29 is 9.47 Å². The second kappa shape index (κ2) is 5.83. The second-order valence-corrected chi connectivity index (χ2v) is 5.55. The Bertz CT molecular complexity index is 539. The zero-order valence-corrected chi connectivity index (χ0v) is 11.9. The molecule has 1 spiro atoms. The lowest BCUT2D eigenvalue weighted by Gasteiger charge is -2.32. The van der Waals surface area contributed by atoms with Crippen molar-refractivity contribution in [2.45, 2.75) is 38.4 Å². The number of ether oxygens (including phenoxy) is 2. The molecule has 1 aliphatic heterocycles. The third kappa shape index (κ3) is 3.12. The number of aryl methyl sites for hydroxylation is 1. The SMILES string of the molecule is Cc1ccc(C#CC=C2CCC3(CC2)OCCO3)cc1. The average Bonchev–Trinajstić information content (AvgIpc) is 2.92. The van der Waals surface area contributed by atoms with Crippen LogP contribution in [-0.4, -0.2) is 19.0 Å². The molecule has 2 heteroatoms. The lowest BCUT2D eigenvalue weighted by Crippen LogP contribution is -2.33. The van der Waals surface area contributed by atoms with Gasteiger partial charge in [0.2, 0.25) is 0 Å². The molecule has 2 fully saturated rings. The summed E-state index contributed by atoms with van der Waals surface area (Å²) in [6.07, 6.45) is 6.06. The van der Waals surface area contributed by atoms with Crippen molar-refractivity contribution in [1.82, 2.24) is 0 Å². The van der Waals surface area contributed by atoms with E-state index in [1.165, 1.54) is 11.1 Å². The topological polar surface area (TPSA) is 18.5 Å². The van der Waals surface area contributed by atoms with Gasteiger partial charge in [-0.25, -0.2) is 0 Å². The fourth-order valence-electron chi connectivity index (χ4n) is 2.74. The molecule has 0 aromatic heterocycles. The van der Waals surface area contributed by atoms with E-state index in [0.29, 0.717) is 0 Å². The van der Waals surface area contributed by atoms with Gasteiger partial charge in [0.05, 0.1) is 13.2 Å². The molecule has 2 aliphatic rings. The van der Waals surface area contributed by atoms with Crippen molar-refractivity contribution in [2.24, 2.45) is 0 Å². The summed E-state index contributed by atoms with van der Waals surface area (Å²) in [4.78, 5) is 0. The minimum atomic E-state index is -0.276. The van der Waals surface area contributed by atoms with Crippen LogP contribution in [0.25, 0.3) is 0 Å². The fourth-order valence-corrected chi connectivity index (χ4v) is 2.74. The standard InChI is InChI=1S/C18H20O2/c1-15-5-7-16(8-6-15)3-2-4-17-9-11-18(12-10-17)19-13-14-20-18/h4-8H,9-14H2,1H3. The van der Waals surface area contributed by atoms with Gasteiger partial charge in [-0.15, -0.1) is 0 Å². The van der Waals surface area contributed by atoms with E-state index in [4.69, 9.17) is 9.47 Å². The molecule has 104 valence electrons. The molecule has 0 unspecified atom stereocenters. The molecule has 1 aliphatic carbocycles. The van der Waals surface area contributed by atoms with Gasteiger partial charge in [-0.3, -0.25) is 0 Å². The first-order chi connectivity index (χ1) is 9.76. The summed E-state index contributed by atoms with van der Waals surface area (Å²) in [5.41, 5.74) is 3.75. The largest absolute Gasteiger partial charge is 0.348 e. The first-order valence-electron chi connectivity index (χ1n) is 7.30. The maximum absolute atomic E-state index is 5.73. The molecule has 1 saturated heterocycles.